The van der Waals surface area contributed by atoms with Gasteiger partial charge in [-0.15, -0.1) is 0 Å². The Kier molecular flexibility index (Phi) is 6.91. The molecule has 2 aliphatic rings. The number of rotatable bonds is 7. The molecule has 0 saturated heterocycles. The topological polar surface area (TPSA) is 0 Å². The van der Waals surface area contributed by atoms with Crippen molar-refractivity contribution in [2.75, 3.05) is 0 Å². The zero-order valence-electron chi connectivity index (χ0n) is 14.0. The maximum Gasteiger partial charge on any atom is -0.0267 e. The van der Waals surface area contributed by atoms with Gasteiger partial charge in [0.25, 0.3) is 0 Å². The summed E-state index contributed by atoms with van der Waals surface area (Å²) in [6, 6.07) is 0. The van der Waals surface area contributed by atoms with Crippen molar-refractivity contribution in [3.8, 4) is 0 Å². The summed E-state index contributed by atoms with van der Waals surface area (Å²) < 4.78 is 0. The standard InChI is InChI=1S/C20H37/c1-3-5-15-20(16-10-7-11-17-20)19(12-4-2)18-13-8-6-9-14-18/h18-19H,2-17H2,1H3. The van der Waals surface area contributed by atoms with Crippen molar-refractivity contribution in [1.82, 2.24) is 0 Å². The average Bonchev–Trinajstić information content (AvgIpc) is 2.52. The second-order valence-corrected chi connectivity index (χ2v) is 7.67. The summed E-state index contributed by atoms with van der Waals surface area (Å²) >= 11 is 0. The third kappa shape index (κ3) is 4.01. The van der Waals surface area contributed by atoms with Crippen LogP contribution < -0.4 is 0 Å². The van der Waals surface area contributed by atoms with Gasteiger partial charge in [0.05, 0.1) is 0 Å². The van der Waals surface area contributed by atoms with Gasteiger partial charge in [-0.1, -0.05) is 84.5 Å². The summed E-state index contributed by atoms with van der Waals surface area (Å²) in [5, 5.41) is 0. The van der Waals surface area contributed by atoms with E-state index in [1.165, 1.54) is 89.9 Å². The largest absolute Gasteiger partial charge is 0.0654 e. The van der Waals surface area contributed by atoms with Crippen LogP contribution in [0.15, 0.2) is 0 Å². The molecule has 0 nitrogen and oxygen atoms in total. The summed E-state index contributed by atoms with van der Waals surface area (Å²) in [7, 11) is 0. The summed E-state index contributed by atoms with van der Waals surface area (Å²) in [6.07, 6.45) is 22.1. The summed E-state index contributed by atoms with van der Waals surface area (Å²) in [5.41, 5.74) is 0.716. The highest BCUT2D eigenvalue weighted by Gasteiger charge is 2.42. The SMILES string of the molecule is [CH2]CCC(C1CCCCC1)C1(CCCC)CCCCC1. The van der Waals surface area contributed by atoms with Crippen molar-refractivity contribution < 1.29 is 0 Å². The summed E-state index contributed by atoms with van der Waals surface area (Å²) in [6.45, 7) is 6.60. The lowest BCUT2D eigenvalue weighted by Gasteiger charge is -2.48. The van der Waals surface area contributed by atoms with E-state index in [1.807, 2.05) is 0 Å². The van der Waals surface area contributed by atoms with Crippen LogP contribution in [0.1, 0.15) is 103 Å². The maximum atomic E-state index is 4.23. The fourth-order valence-corrected chi connectivity index (χ4v) is 5.39. The van der Waals surface area contributed by atoms with Crippen molar-refractivity contribution in [2.45, 2.75) is 103 Å². The van der Waals surface area contributed by atoms with Crippen molar-refractivity contribution in [1.29, 1.82) is 0 Å². The van der Waals surface area contributed by atoms with E-state index in [0.29, 0.717) is 5.41 Å². The lowest BCUT2D eigenvalue weighted by Crippen LogP contribution is -2.38. The fourth-order valence-electron chi connectivity index (χ4n) is 5.39. The minimum Gasteiger partial charge on any atom is -0.0654 e. The van der Waals surface area contributed by atoms with E-state index in [-0.39, 0.29) is 0 Å². The zero-order chi connectivity index (χ0) is 14.3. The Morgan fingerprint density at radius 1 is 1.00 bits per heavy atom. The summed E-state index contributed by atoms with van der Waals surface area (Å²) in [4.78, 5) is 0. The monoisotopic (exact) mass is 277 g/mol. The van der Waals surface area contributed by atoms with E-state index >= 15 is 0 Å². The van der Waals surface area contributed by atoms with Crippen molar-refractivity contribution in [3.05, 3.63) is 6.92 Å². The van der Waals surface area contributed by atoms with Crippen LogP contribution in [0.3, 0.4) is 0 Å². The van der Waals surface area contributed by atoms with Gasteiger partial charge < -0.3 is 0 Å². The molecule has 2 aliphatic carbocycles. The minimum atomic E-state index is 0.716. The van der Waals surface area contributed by atoms with Crippen LogP contribution in [-0.4, -0.2) is 0 Å². The molecule has 1 radical (unpaired) electrons. The highest BCUT2D eigenvalue weighted by Crippen LogP contribution is 2.53. The number of hydrogen-bond acceptors (Lipinski definition) is 0. The third-order valence-corrected chi connectivity index (χ3v) is 6.40. The molecule has 0 aromatic carbocycles. The molecule has 0 bridgehead atoms. The average molecular weight is 278 g/mol. The molecule has 1 unspecified atom stereocenters. The minimum absolute atomic E-state index is 0.716. The first-order valence-corrected chi connectivity index (χ1v) is 9.61. The van der Waals surface area contributed by atoms with Crippen molar-refractivity contribution >= 4 is 0 Å². The molecule has 0 N–H and O–H groups in total. The predicted octanol–water partition coefficient (Wildman–Crippen LogP) is 6.94. The molecule has 0 spiro atoms. The third-order valence-electron chi connectivity index (χ3n) is 6.40. The molecule has 2 saturated carbocycles. The molecule has 0 aromatic rings. The van der Waals surface area contributed by atoms with E-state index in [4.69, 9.17) is 0 Å². The van der Waals surface area contributed by atoms with E-state index in [0.717, 1.165) is 18.3 Å². The van der Waals surface area contributed by atoms with Crippen LogP contribution in [0.2, 0.25) is 0 Å². The van der Waals surface area contributed by atoms with E-state index in [9.17, 15) is 0 Å². The molecule has 1 atom stereocenters. The Morgan fingerprint density at radius 3 is 2.25 bits per heavy atom. The Bertz CT molecular complexity index is 243. The molecule has 0 aromatic heterocycles. The molecule has 0 aliphatic heterocycles. The van der Waals surface area contributed by atoms with Crippen LogP contribution >= 0.6 is 0 Å². The highest BCUT2D eigenvalue weighted by atomic mass is 14.5. The molecule has 2 rings (SSSR count). The van der Waals surface area contributed by atoms with Gasteiger partial charge in [0.2, 0.25) is 0 Å². The van der Waals surface area contributed by atoms with Gasteiger partial charge in [-0.3, -0.25) is 0 Å². The van der Waals surface area contributed by atoms with Gasteiger partial charge in [0.15, 0.2) is 0 Å². The molecular weight excluding hydrogens is 240 g/mol. The van der Waals surface area contributed by atoms with Gasteiger partial charge in [-0.05, 0) is 42.9 Å². The molecule has 20 heavy (non-hydrogen) atoms. The van der Waals surface area contributed by atoms with Crippen LogP contribution in [-0.2, 0) is 0 Å². The van der Waals surface area contributed by atoms with E-state index in [2.05, 4.69) is 13.8 Å². The first kappa shape index (κ1) is 16.4. The lowest BCUT2D eigenvalue weighted by atomic mass is 9.57. The second kappa shape index (κ2) is 8.44. The second-order valence-electron chi connectivity index (χ2n) is 7.67. The Labute approximate surface area is 128 Å². The van der Waals surface area contributed by atoms with Crippen LogP contribution in [0.4, 0.5) is 0 Å². The van der Waals surface area contributed by atoms with Gasteiger partial charge in [-0.25, -0.2) is 0 Å². The van der Waals surface area contributed by atoms with E-state index < -0.39 is 0 Å². The highest BCUT2D eigenvalue weighted by molar-refractivity contribution is 4.93. The lowest BCUT2D eigenvalue weighted by molar-refractivity contribution is 0.0218. The quantitative estimate of drug-likeness (QED) is 0.473. The zero-order valence-corrected chi connectivity index (χ0v) is 14.0. The van der Waals surface area contributed by atoms with Gasteiger partial charge in [0, 0.05) is 0 Å². The van der Waals surface area contributed by atoms with Gasteiger partial charge in [-0.2, -0.15) is 0 Å². The Hall–Kier alpha value is 0. The number of unbranched alkanes of at least 4 members (excludes halogenated alkanes) is 1. The first-order chi connectivity index (χ1) is 9.82. The smallest absolute Gasteiger partial charge is 0.0267 e. The van der Waals surface area contributed by atoms with Crippen LogP contribution in [0.25, 0.3) is 0 Å². The van der Waals surface area contributed by atoms with Crippen LogP contribution in [0.5, 0.6) is 0 Å². The molecule has 117 valence electrons. The molecule has 0 amide bonds. The van der Waals surface area contributed by atoms with Crippen LogP contribution in [0, 0.1) is 24.2 Å². The molecular formula is C20H37. The van der Waals surface area contributed by atoms with E-state index in [1.54, 1.807) is 0 Å². The molecule has 2 fully saturated rings. The van der Waals surface area contributed by atoms with Gasteiger partial charge >= 0.3 is 0 Å². The normalized spacial score (nSPS) is 25.5. The summed E-state index contributed by atoms with van der Waals surface area (Å²) in [5.74, 6) is 2.05. The van der Waals surface area contributed by atoms with Gasteiger partial charge in [0.1, 0.15) is 0 Å². The van der Waals surface area contributed by atoms with Crippen molar-refractivity contribution in [2.24, 2.45) is 17.3 Å². The maximum absolute atomic E-state index is 4.23. The Balaban J connectivity index is 2.11. The number of hydrogen-bond donors (Lipinski definition) is 0. The first-order valence-electron chi connectivity index (χ1n) is 9.61. The van der Waals surface area contributed by atoms with Crippen molar-refractivity contribution in [3.63, 3.8) is 0 Å². The predicted molar refractivity (Wildman–Crippen MR) is 89.7 cm³/mol. The molecule has 0 heteroatoms. The Morgan fingerprint density at radius 2 is 1.65 bits per heavy atom. The molecule has 0 heterocycles. The fraction of sp³-hybridized carbons (Fsp3) is 0.950.